The van der Waals surface area contributed by atoms with E-state index in [1.165, 1.54) is 12.3 Å². The molecule has 0 bridgehead atoms. The van der Waals surface area contributed by atoms with E-state index in [1.54, 1.807) is 11.9 Å². The summed E-state index contributed by atoms with van der Waals surface area (Å²) in [7, 11) is 1.79. The second-order valence-corrected chi connectivity index (χ2v) is 3.99. The Kier molecular flexibility index (Phi) is 3.90. The summed E-state index contributed by atoms with van der Waals surface area (Å²) >= 11 is 5.97. The second kappa shape index (κ2) is 4.99. The minimum Gasteiger partial charge on any atom is -0.478 e. The smallest absolute Gasteiger partial charge is 0.337 e. The van der Waals surface area contributed by atoms with Crippen LogP contribution in [0.25, 0.3) is 0 Å². The second-order valence-electron chi connectivity index (χ2n) is 3.61. The minimum atomic E-state index is -1.06. The number of carbonyl (C=O) groups is 1. The molecule has 1 rings (SSSR count). The Bertz CT molecular complexity index is 432. The van der Waals surface area contributed by atoms with Gasteiger partial charge in [-0.2, -0.15) is 0 Å². The summed E-state index contributed by atoms with van der Waals surface area (Å²) in [6.45, 7) is 6.24. The number of rotatable bonds is 4. The number of hydrogen-bond donors (Lipinski definition) is 1. The van der Waals surface area contributed by atoms with Gasteiger partial charge in [0.05, 0.1) is 10.6 Å². The van der Waals surface area contributed by atoms with Crippen LogP contribution < -0.4 is 4.90 Å². The zero-order chi connectivity index (χ0) is 12.3. The molecule has 0 saturated heterocycles. The van der Waals surface area contributed by atoms with E-state index in [-0.39, 0.29) is 10.6 Å². The van der Waals surface area contributed by atoms with E-state index in [0.717, 1.165) is 5.57 Å². The van der Waals surface area contributed by atoms with Gasteiger partial charge >= 0.3 is 5.97 Å². The summed E-state index contributed by atoms with van der Waals surface area (Å²) in [6, 6.07) is 1.38. The monoisotopic (exact) mass is 240 g/mol. The van der Waals surface area contributed by atoms with Gasteiger partial charge in [-0.1, -0.05) is 23.8 Å². The van der Waals surface area contributed by atoms with Gasteiger partial charge in [-0.05, 0) is 13.0 Å². The highest BCUT2D eigenvalue weighted by Gasteiger charge is 2.15. The lowest BCUT2D eigenvalue weighted by Crippen LogP contribution is -2.21. The fraction of sp³-hybridized carbons (Fsp3) is 0.273. The Hall–Kier alpha value is -1.55. The van der Waals surface area contributed by atoms with Gasteiger partial charge < -0.3 is 10.0 Å². The van der Waals surface area contributed by atoms with Crippen molar-refractivity contribution in [1.82, 2.24) is 4.98 Å². The maximum absolute atomic E-state index is 10.9. The molecule has 0 aromatic carbocycles. The number of likely N-dealkylation sites (N-methyl/N-ethyl adjacent to an activating group) is 1. The molecule has 1 N–H and O–H groups in total. The number of anilines is 1. The fourth-order valence-electron chi connectivity index (χ4n) is 1.34. The van der Waals surface area contributed by atoms with Crippen molar-refractivity contribution in [1.29, 1.82) is 0 Å². The summed E-state index contributed by atoms with van der Waals surface area (Å²) in [6.07, 6.45) is 1.43. The molecule has 1 aromatic rings. The van der Waals surface area contributed by atoms with Gasteiger partial charge in [0.25, 0.3) is 0 Å². The van der Waals surface area contributed by atoms with Gasteiger partial charge in [0.15, 0.2) is 0 Å². The van der Waals surface area contributed by atoms with Crippen LogP contribution in [-0.4, -0.2) is 29.7 Å². The third kappa shape index (κ3) is 2.73. The molecule has 1 heterocycles. The number of carboxylic acid groups (broad SMARTS) is 1. The van der Waals surface area contributed by atoms with Crippen LogP contribution in [0.5, 0.6) is 0 Å². The van der Waals surface area contributed by atoms with E-state index in [1.807, 2.05) is 6.92 Å². The summed E-state index contributed by atoms with van der Waals surface area (Å²) in [5.41, 5.74) is 1.00. The van der Waals surface area contributed by atoms with Gasteiger partial charge in [-0.25, -0.2) is 9.78 Å². The maximum atomic E-state index is 10.9. The molecule has 86 valence electrons. The molecular formula is C11H13ClN2O2. The number of nitrogens with zero attached hydrogens (tertiary/aromatic N) is 2. The van der Waals surface area contributed by atoms with Crippen molar-refractivity contribution < 1.29 is 9.90 Å². The number of pyridine rings is 1. The molecule has 0 atom stereocenters. The lowest BCUT2D eigenvalue weighted by Gasteiger charge is -2.19. The van der Waals surface area contributed by atoms with E-state index >= 15 is 0 Å². The molecular weight excluding hydrogens is 228 g/mol. The highest BCUT2D eigenvalue weighted by Crippen LogP contribution is 2.26. The fourth-order valence-corrected chi connectivity index (χ4v) is 1.68. The van der Waals surface area contributed by atoms with Crippen molar-refractivity contribution in [2.45, 2.75) is 6.92 Å². The summed E-state index contributed by atoms with van der Waals surface area (Å²) in [5.74, 6) is -0.609. The Morgan fingerprint density at radius 2 is 2.31 bits per heavy atom. The van der Waals surface area contributed by atoms with Crippen LogP contribution in [0.1, 0.15) is 17.3 Å². The van der Waals surface area contributed by atoms with Gasteiger partial charge in [-0.15, -0.1) is 0 Å². The maximum Gasteiger partial charge on any atom is 0.337 e. The van der Waals surface area contributed by atoms with E-state index in [4.69, 9.17) is 16.7 Å². The number of aromatic carboxylic acids is 1. The van der Waals surface area contributed by atoms with Gasteiger partial charge in [0.1, 0.15) is 5.82 Å². The first-order valence-electron chi connectivity index (χ1n) is 4.66. The highest BCUT2D eigenvalue weighted by molar-refractivity contribution is 6.35. The molecule has 0 amide bonds. The molecule has 0 unspecified atom stereocenters. The predicted molar refractivity (Wildman–Crippen MR) is 64.3 cm³/mol. The molecule has 4 nitrogen and oxygen atoms in total. The molecule has 0 aliphatic rings. The average Bonchev–Trinajstić information content (AvgIpc) is 2.16. The molecule has 1 aromatic heterocycles. The molecule has 0 aliphatic carbocycles. The first-order valence-corrected chi connectivity index (χ1v) is 5.04. The number of hydrogen-bond acceptors (Lipinski definition) is 3. The molecule has 0 radical (unpaired) electrons. The Labute approximate surface area is 99.2 Å². The average molecular weight is 241 g/mol. The molecule has 0 saturated carbocycles. The molecule has 16 heavy (non-hydrogen) atoms. The molecule has 0 aliphatic heterocycles. The third-order valence-corrected chi connectivity index (χ3v) is 2.34. The zero-order valence-corrected chi connectivity index (χ0v) is 9.95. The number of halogens is 1. The van der Waals surface area contributed by atoms with Crippen LogP contribution in [0.15, 0.2) is 24.4 Å². The molecule has 5 heteroatoms. The summed E-state index contributed by atoms with van der Waals surface area (Å²) in [4.78, 5) is 16.7. The summed E-state index contributed by atoms with van der Waals surface area (Å²) < 4.78 is 0. The van der Waals surface area contributed by atoms with Crippen molar-refractivity contribution in [3.8, 4) is 0 Å². The van der Waals surface area contributed by atoms with Crippen LogP contribution in [0, 0.1) is 0 Å². The van der Waals surface area contributed by atoms with Gasteiger partial charge in [0.2, 0.25) is 0 Å². The van der Waals surface area contributed by atoms with E-state index in [9.17, 15) is 4.79 Å². The molecule has 0 fully saturated rings. The topological polar surface area (TPSA) is 53.4 Å². The highest BCUT2D eigenvalue weighted by atomic mass is 35.5. The largest absolute Gasteiger partial charge is 0.478 e. The third-order valence-electron chi connectivity index (χ3n) is 1.97. The number of carboxylic acids is 1. The first-order chi connectivity index (χ1) is 7.43. The van der Waals surface area contributed by atoms with Crippen LogP contribution >= 0.6 is 11.6 Å². The zero-order valence-electron chi connectivity index (χ0n) is 9.20. The Morgan fingerprint density at radius 3 is 2.81 bits per heavy atom. The van der Waals surface area contributed by atoms with E-state index in [2.05, 4.69) is 11.6 Å². The van der Waals surface area contributed by atoms with E-state index < -0.39 is 5.97 Å². The first kappa shape index (κ1) is 12.5. The SMILES string of the molecule is C=C(C)CN(C)c1nccc(C(=O)O)c1Cl. The Morgan fingerprint density at radius 1 is 1.69 bits per heavy atom. The van der Waals surface area contributed by atoms with E-state index in [0.29, 0.717) is 12.4 Å². The van der Waals surface area contributed by atoms with Crippen molar-refractivity contribution in [2.75, 3.05) is 18.5 Å². The lowest BCUT2D eigenvalue weighted by molar-refractivity contribution is 0.0697. The normalized spacial score (nSPS) is 9.94. The Balaban J connectivity index is 3.10. The van der Waals surface area contributed by atoms with Gasteiger partial charge in [0, 0.05) is 19.8 Å². The van der Waals surface area contributed by atoms with Crippen molar-refractivity contribution in [2.24, 2.45) is 0 Å². The van der Waals surface area contributed by atoms with Crippen LogP contribution in [0.4, 0.5) is 5.82 Å². The number of aromatic nitrogens is 1. The van der Waals surface area contributed by atoms with Crippen LogP contribution in [-0.2, 0) is 0 Å². The van der Waals surface area contributed by atoms with Crippen LogP contribution in [0.3, 0.4) is 0 Å². The quantitative estimate of drug-likeness (QED) is 0.822. The van der Waals surface area contributed by atoms with Crippen molar-refractivity contribution >= 4 is 23.4 Å². The van der Waals surface area contributed by atoms with Gasteiger partial charge in [-0.3, -0.25) is 0 Å². The minimum absolute atomic E-state index is 0.0558. The molecule has 0 spiro atoms. The van der Waals surface area contributed by atoms with Crippen molar-refractivity contribution in [3.63, 3.8) is 0 Å². The van der Waals surface area contributed by atoms with Crippen molar-refractivity contribution in [3.05, 3.63) is 35.0 Å². The predicted octanol–water partition coefficient (Wildman–Crippen LogP) is 2.45. The summed E-state index contributed by atoms with van der Waals surface area (Å²) in [5, 5.41) is 9.06. The lowest BCUT2D eigenvalue weighted by atomic mass is 10.2. The van der Waals surface area contributed by atoms with Crippen LogP contribution in [0.2, 0.25) is 5.02 Å². The standard InChI is InChI=1S/C11H13ClN2O2/c1-7(2)6-14(3)10-9(12)8(11(15)16)4-5-13-10/h4-5H,1,6H2,2-3H3,(H,15,16).